The van der Waals surface area contributed by atoms with Gasteiger partial charge in [0, 0.05) is 32.7 Å². The number of anilines is 2. The first-order chi connectivity index (χ1) is 8.59. The Morgan fingerprint density at radius 2 is 2.17 bits per heavy atom. The third kappa shape index (κ3) is 1.49. The second-order valence-electron chi connectivity index (χ2n) is 4.57. The largest absolute Gasteiger partial charge is 0.355 e. The summed E-state index contributed by atoms with van der Waals surface area (Å²) >= 11 is 0. The van der Waals surface area contributed by atoms with E-state index in [0.29, 0.717) is 25.3 Å². The molecular weight excluding hydrogens is 240 g/mol. The van der Waals surface area contributed by atoms with E-state index >= 15 is 0 Å². The van der Waals surface area contributed by atoms with Gasteiger partial charge in [-0.3, -0.25) is 4.79 Å². The highest BCUT2D eigenvalue weighted by atomic mass is 19.1. The average molecular weight is 253 g/mol. The minimum Gasteiger partial charge on any atom is -0.355 e. The van der Waals surface area contributed by atoms with Gasteiger partial charge in [0.15, 0.2) is 5.82 Å². The van der Waals surface area contributed by atoms with Crippen molar-refractivity contribution in [2.45, 2.75) is 6.04 Å². The van der Waals surface area contributed by atoms with Crippen LogP contribution in [0.15, 0.2) is 12.1 Å². The maximum absolute atomic E-state index is 13.8. The van der Waals surface area contributed by atoms with E-state index < -0.39 is 11.6 Å². The highest BCUT2D eigenvalue weighted by Gasteiger charge is 2.39. The molecule has 0 saturated carbocycles. The molecule has 18 heavy (non-hydrogen) atoms. The summed E-state index contributed by atoms with van der Waals surface area (Å²) in [6.07, 6.45) is 0. The summed E-state index contributed by atoms with van der Waals surface area (Å²) in [4.78, 5) is 15.2. The molecule has 0 spiro atoms. The molecule has 2 aliphatic rings. The molecule has 1 N–H and O–H groups in total. The Balaban J connectivity index is 2.18. The Kier molecular flexibility index (Phi) is 2.48. The highest BCUT2D eigenvalue weighted by molar-refractivity contribution is 6.05. The number of hydrogen-bond acceptors (Lipinski definition) is 3. The van der Waals surface area contributed by atoms with Crippen LogP contribution >= 0.6 is 0 Å². The Morgan fingerprint density at radius 3 is 2.94 bits per heavy atom. The van der Waals surface area contributed by atoms with Crippen molar-refractivity contribution in [2.24, 2.45) is 0 Å². The predicted octanol–water partition coefficient (Wildman–Crippen LogP) is 0.719. The summed E-state index contributed by atoms with van der Waals surface area (Å²) < 4.78 is 27.2. The highest BCUT2D eigenvalue weighted by Crippen LogP contribution is 2.38. The van der Waals surface area contributed by atoms with Crippen molar-refractivity contribution in [1.29, 1.82) is 0 Å². The van der Waals surface area contributed by atoms with Gasteiger partial charge in [-0.2, -0.15) is 0 Å². The van der Waals surface area contributed by atoms with Gasteiger partial charge in [0.05, 0.1) is 5.69 Å². The van der Waals surface area contributed by atoms with Crippen molar-refractivity contribution in [1.82, 2.24) is 5.32 Å². The fourth-order valence-electron chi connectivity index (χ4n) is 2.65. The number of nitrogens with zero attached hydrogens (tertiary/aromatic N) is 2. The van der Waals surface area contributed by atoms with E-state index in [1.165, 1.54) is 18.0 Å². The molecule has 1 aromatic carbocycles. The van der Waals surface area contributed by atoms with Gasteiger partial charge in [0.1, 0.15) is 17.5 Å². The van der Waals surface area contributed by atoms with Crippen molar-refractivity contribution in [3.63, 3.8) is 0 Å². The van der Waals surface area contributed by atoms with Crippen LogP contribution < -0.4 is 15.1 Å². The molecule has 4 nitrogen and oxygen atoms in total. The molecule has 0 aromatic heterocycles. The average Bonchev–Trinajstić information content (AvgIpc) is 2.35. The summed E-state index contributed by atoms with van der Waals surface area (Å²) in [5.41, 5.74) is 0.626. The normalized spacial score (nSPS) is 22.8. The number of likely N-dealkylation sites (N-methyl/N-ethyl adjacent to an activating group) is 1. The van der Waals surface area contributed by atoms with Crippen molar-refractivity contribution in [3.8, 4) is 0 Å². The van der Waals surface area contributed by atoms with Crippen LogP contribution in [0.5, 0.6) is 0 Å². The van der Waals surface area contributed by atoms with Gasteiger partial charge in [-0.05, 0) is 6.07 Å². The van der Waals surface area contributed by atoms with Crippen LogP contribution in [0, 0.1) is 11.6 Å². The molecule has 1 aromatic rings. The molecule has 96 valence electrons. The molecule has 6 heteroatoms. The summed E-state index contributed by atoms with van der Waals surface area (Å²) in [6, 6.07) is 1.72. The lowest BCUT2D eigenvalue weighted by molar-refractivity contribution is -0.120. The standard InChI is InChI=1S/C12H13F2N3O/c1-16-11-8(14)4-7(13)5-9(11)17-3-2-15-6-10(17)12(16)18/h4-5,10,15H,2-3,6H2,1H3. The molecule has 1 fully saturated rings. The zero-order chi connectivity index (χ0) is 12.9. The van der Waals surface area contributed by atoms with Crippen molar-refractivity contribution in [3.05, 3.63) is 23.8 Å². The summed E-state index contributed by atoms with van der Waals surface area (Å²) in [7, 11) is 1.52. The van der Waals surface area contributed by atoms with Crippen molar-refractivity contribution >= 4 is 17.3 Å². The van der Waals surface area contributed by atoms with E-state index in [1.54, 1.807) is 4.90 Å². The van der Waals surface area contributed by atoms with Crippen molar-refractivity contribution in [2.75, 3.05) is 36.5 Å². The van der Waals surface area contributed by atoms with Crippen molar-refractivity contribution < 1.29 is 13.6 Å². The summed E-state index contributed by atoms with van der Waals surface area (Å²) in [5, 5.41) is 3.12. The fourth-order valence-corrected chi connectivity index (χ4v) is 2.65. The van der Waals surface area contributed by atoms with Crippen LogP contribution in [-0.4, -0.2) is 38.6 Å². The quantitative estimate of drug-likeness (QED) is 0.740. The second-order valence-corrected chi connectivity index (χ2v) is 4.57. The first kappa shape index (κ1) is 11.4. The third-order valence-corrected chi connectivity index (χ3v) is 3.51. The number of rotatable bonds is 0. The van der Waals surface area contributed by atoms with Gasteiger partial charge in [0.25, 0.3) is 5.91 Å². The third-order valence-electron chi connectivity index (χ3n) is 3.51. The number of benzene rings is 1. The molecule has 1 saturated heterocycles. The number of amides is 1. The number of carbonyl (C=O) groups excluding carboxylic acids is 1. The number of piperazine rings is 1. The van der Waals surface area contributed by atoms with Crippen LogP contribution in [0.4, 0.5) is 20.2 Å². The van der Waals surface area contributed by atoms with Crippen LogP contribution in [0.2, 0.25) is 0 Å². The number of nitrogens with one attached hydrogen (secondary N) is 1. The monoisotopic (exact) mass is 253 g/mol. The van der Waals surface area contributed by atoms with E-state index in [-0.39, 0.29) is 17.6 Å². The second kappa shape index (κ2) is 3.91. The Hall–Kier alpha value is -1.69. The van der Waals surface area contributed by atoms with Crippen LogP contribution in [0.1, 0.15) is 0 Å². The molecule has 2 aliphatic heterocycles. The molecular formula is C12H13F2N3O. The zero-order valence-corrected chi connectivity index (χ0v) is 9.91. The summed E-state index contributed by atoms with van der Waals surface area (Å²) in [6.45, 7) is 1.77. The van der Waals surface area contributed by atoms with Gasteiger partial charge in [0.2, 0.25) is 0 Å². The molecule has 1 amide bonds. The minimum atomic E-state index is -0.696. The predicted molar refractivity (Wildman–Crippen MR) is 63.8 cm³/mol. The number of hydrogen-bond donors (Lipinski definition) is 1. The summed E-state index contributed by atoms with van der Waals surface area (Å²) in [5.74, 6) is -1.48. The van der Waals surface area contributed by atoms with Crippen LogP contribution in [-0.2, 0) is 4.79 Å². The molecule has 2 heterocycles. The number of fused-ring (bicyclic) bond motifs is 3. The molecule has 1 unspecified atom stereocenters. The topological polar surface area (TPSA) is 35.6 Å². The first-order valence-electron chi connectivity index (χ1n) is 5.83. The number of halogens is 2. The molecule has 0 aliphatic carbocycles. The number of carbonyl (C=O) groups is 1. The smallest absolute Gasteiger partial charge is 0.250 e. The van der Waals surface area contributed by atoms with E-state index in [0.717, 1.165) is 6.07 Å². The first-order valence-corrected chi connectivity index (χ1v) is 5.83. The van der Waals surface area contributed by atoms with Gasteiger partial charge in [-0.1, -0.05) is 0 Å². The zero-order valence-electron chi connectivity index (χ0n) is 9.91. The molecule has 0 bridgehead atoms. The molecule has 3 rings (SSSR count). The lowest BCUT2D eigenvalue weighted by atomic mass is 10.0. The Labute approximate surface area is 103 Å². The van der Waals surface area contributed by atoms with Gasteiger partial charge in [-0.25, -0.2) is 8.78 Å². The Bertz CT molecular complexity index is 520. The van der Waals surface area contributed by atoms with E-state index in [4.69, 9.17) is 0 Å². The van der Waals surface area contributed by atoms with E-state index in [2.05, 4.69) is 5.32 Å². The minimum absolute atomic E-state index is 0.166. The maximum atomic E-state index is 13.8. The lowest BCUT2D eigenvalue weighted by Crippen LogP contribution is -2.61. The van der Waals surface area contributed by atoms with Gasteiger partial charge in [-0.15, -0.1) is 0 Å². The lowest BCUT2D eigenvalue weighted by Gasteiger charge is -2.44. The Morgan fingerprint density at radius 1 is 1.39 bits per heavy atom. The molecule has 0 radical (unpaired) electrons. The molecule has 1 atom stereocenters. The SMILES string of the molecule is CN1C(=O)C2CNCCN2c2cc(F)cc(F)c21. The van der Waals surface area contributed by atoms with E-state index in [1.807, 2.05) is 0 Å². The van der Waals surface area contributed by atoms with Crippen LogP contribution in [0.25, 0.3) is 0 Å². The maximum Gasteiger partial charge on any atom is 0.250 e. The van der Waals surface area contributed by atoms with Crippen LogP contribution in [0.3, 0.4) is 0 Å². The fraction of sp³-hybridized carbons (Fsp3) is 0.417. The van der Waals surface area contributed by atoms with Gasteiger partial charge >= 0.3 is 0 Å². The van der Waals surface area contributed by atoms with Gasteiger partial charge < -0.3 is 15.1 Å². The van der Waals surface area contributed by atoms with E-state index in [9.17, 15) is 13.6 Å².